The number of aromatic nitrogens is 2. The Balaban J connectivity index is 1.78. The van der Waals surface area contributed by atoms with Crippen LogP contribution in [0.1, 0.15) is 5.69 Å². The minimum Gasteiger partial charge on any atom is -0.235 e. The van der Waals surface area contributed by atoms with E-state index < -0.39 is 10.0 Å². The number of primary sulfonamides is 1. The summed E-state index contributed by atoms with van der Waals surface area (Å²) in [6.45, 7) is 1.94. The van der Waals surface area contributed by atoms with Crippen LogP contribution in [-0.2, 0) is 10.0 Å². The van der Waals surface area contributed by atoms with Crippen molar-refractivity contribution in [2.24, 2.45) is 15.4 Å². The van der Waals surface area contributed by atoms with Crippen LogP contribution in [0.2, 0.25) is 0 Å². The van der Waals surface area contributed by atoms with Crippen LogP contribution in [0, 0.1) is 6.92 Å². The van der Waals surface area contributed by atoms with E-state index in [-0.39, 0.29) is 4.90 Å². The molecule has 0 amide bonds. The van der Waals surface area contributed by atoms with Crippen LogP contribution in [0.5, 0.6) is 0 Å². The molecule has 0 aliphatic heterocycles. The van der Waals surface area contributed by atoms with Gasteiger partial charge in [-0.25, -0.2) is 18.2 Å². The summed E-state index contributed by atoms with van der Waals surface area (Å²) in [6, 6.07) is 25.5. The van der Waals surface area contributed by atoms with Crippen molar-refractivity contribution in [2.75, 3.05) is 0 Å². The first-order valence-electron chi connectivity index (χ1n) is 9.18. The smallest absolute Gasteiger partial charge is 0.235 e. The number of nitrogens with two attached hydrogens (primary N) is 1. The van der Waals surface area contributed by atoms with Gasteiger partial charge in [0.05, 0.1) is 22.0 Å². The van der Waals surface area contributed by atoms with Gasteiger partial charge in [-0.2, -0.15) is 10.2 Å². The molecule has 0 saturated carbocycles. The van der Waals surface area contributed by atoms with Crippen molar-refractivity contribution in [1.29, 1.82) is 0 Å². The van der Waals surface area contributed by atoms with Gasteiger partial charge in [0.25, 0.3) is 0 Å². The van der Waals surface area contributed by atoms with Crippen LogP contribution >= 0.6 is 0 Å². The van der Waals surface area contributed by atoms with Crippen molar-refractivity contribution in [3.63, 3.8) is 0 Å². The van der Waals surface area contributed by atoms with E-state index in [1.54, 1.807) is 12.1 Å². The zero-order valence-electron chi connectivity index (χ0n) is 16.2. The highest BCUT2D eigenvalue weighted by molar-refractivity contribution is 7.89. The summed E-state index contributed by atoms with van der Waals surface area (Å²) in [6.07, 6.45) is 0. The predicted molar refractivity (Wildman–Crippen MR) is 116 cm³/mol. The molecular formula is C22H19N5O2S. The van der Waals surface area contributed by atoms with Crippen LogP contribution in [0.4, 0.5) is 11.4 Å². The first-order chi connectivity index (χ1) is 14.4. The van der Waals surface area contributed by atoms with Crippen molar-refractivity contribution in [3.8, 4) is 16.9 Å². The normalized spacial score (nSPS) is 11.8. The van der Waals surface area contributed by atoms with Gasteiger partial charge < -0.3 is 0 Å². The highest BCUT2D eigenvalue weighted by Crippen LogP contribution is 2.35. The second-order valence-electron chi connectivity index (χ2n) is 6.63. The Morgan fingerprint density at radius 3 is 2.03 bits per heavy atom. The maximum absolute atomic E-state index is 11.4. The summed E-state index contributed by atoms with van der Waals surface area (Å²) in [5, 5.41) is 18.7. The van der Waals surface area contributed by atoms with Gasteiger partial charge in [0.1, 0.15) is 11.4 Å². The van der Waals surface area contributed by atoms with Crippen molar-refractivity contribution in [1.82, 2.24) is 9.78 Å². The number of para-hydroxylation sites is 1. The summed E-state index contributed by atoms with van der Waals surface area (Å²) in [7, 11) is -3.75. The average molecular weight is 417 g/mol. The van der Waals surface area contributed by atoms with Crippen LogP contribution in [0.25, 0.3) is 16.9 Å². The highest BCUT2D eigenvalue weighted by Gasteiger charge is 2.17. The van der Waals surface area contributed by atoms with Crippen molar-refractivity contribution in [3.05, 3.63) is 90.6 Å². The molecule has 0 atom stereocenters. The van der Waals surface area contributed by atoms with Gasteiger partial charge in [0.15, 0.2) is 0 Å². The number of hydrogen-bond donors (Lipinski definition) is 1. The molecule has 0 fully saturated rings. The lowest BCUT2D eigenvalue weighted by Gasteiger charge is -2.03. The van der Waals surface area contributed by atoms with Crippen molar-refractivity contribution >= 4 is 21.4 Å². The van der Waals surface area contributed by atoms with E-state index in [0.717, 1.165) is 16.9 Å². The molecule has 0 aliphatic rings. The van der Waals surface area contributed by atoms with Crippen LogP contribution in [0.3, 0.4) is 0 Å². The largest absolute Gasteiger partial charge is 0.238 e. The molecule has 0 spiro atoms. The molecule has 1 aromatic heterocycles. The molecule has 4 aromatic rings. The van der Waals surface area contributed by atoms with Crippen molar-refractivity contribution in [2.45, 2.75) is 11.8 Å². The molecule has 0 aliphatic carbocycles. The standard InChI is InChI=1S/C22H19N5O2S/c1-16-21(25-24-18-12-14-20(15-13-18)30(23,28)29)22(17-8-4-2-5-9-17)26-27(16)19-10-6-3-7-11-19/h2-15H,1H3,(H2,23,28,29). The minimum atomic E-state index is -3.75. The molecule has 3 aromatic carbocycles. The lowest BCUT2D eigenvalue weighted by atomic mass is 10.1. The highest BCUT2D eigenvalue weighted by atomic mass is 32.2. The summed E-state index contributed by atoms with van der Waals surface area (Å²) in [5.41, 5.74) is 4.54. The molecule has 0 saturated heterocycles. The van der Waals surface area contributed by atoms with Gasteiger partial charge in [0.2, 0.25) is 10.0 Å². The van der Waals surface area contributed by atoms with Crippen LogP contribution in [-0.4, -0.2) is 18.2 Å². The number of nitrogens with zero attached hydrogens (tertiary/aromatic N) is 4. The molecule has 2 N–H and O–H groups in total. The van der Waals surface area contributed by atoms with E-state index in [0.29, 0.717) is 17.1 Å². The Labute approximate surface area is 174 Å². The number of rotatable bonds is 5. The van der Waals surface area contributed by atoms with Gasteiger partial charge >= 0.3 is 0 Å². The number of benzene rings is 3. The molecular weight excluding hydrogens is 398 g/mol. The van der Waals surface area contributed by atoms with Gasteiger partial charge in [-0.1, -0.05) is 48.5 Å². The topological polar surface area (TPSA) is 103 Å². The average Bonchev–Trinajstić information content (AvgIpc) is 3.09. The summed E-state index contributed by atoms with van der Waals surface area (Å²) in [5.74, 6) is 0. The lowest BCUT2D eigenvalue weighted by molar-refractivity contribution is 0.598. The second kappa shape index (κ2) is 8.02. The van der Waals surface area contributed by atoms with E-state index >= 15 is 0 Å². The number of hydrogen-bond acceptors (Lipinski definition) is 5. The van der Waals surface area contributed by atoms with E-state index in [4.69, 9.17) is 10.2 Å². The van der Waals surface area contributed by atoms with E-state index in [2.05, 4.69) is 10.2 Å². The minimum absolute atomic E-state index is 0.0273. The molecule has 150 valence electrons. The molecule has 0 bridgehead atoms. The Morgan fingerprint density at radius 2 is 1.43 bits per heavy atom. The SMILES string of the molecule is Cc1c(N=Nc2ccc(S(N)(=O)=O)cc2)c(-c2ccccc2)nn1-c1ccccc1. The predicted octanol–water partition coefficient (Wildman–Crippen LogP) is 4.91. The monoisotopic (exact) mass is 417 g/mol. The third-order valence-electron chi connectivity index (χ3n) is 4.56. The summed E-state index contributed by atoms with van der Waals surface area (Å²) < 4.78 is 24.7. The Hall–Kier alpha value is -3.62. The number of sulfonamides is 1. The summed E-state index contributed by atoms with van der Waals surface area (Å²) >= 11 is 0. The van der Waals surface area contributed by atoms with Gasteiger partial charge in [-0.05, 0) is 43.3 Å². The van der Waals surface area contributed by atoms with Gasteiger partial charge in [-0.15, -0.1) is 5.11 Å². The third-order valence-corrected chi connectivity index (χ3v) is 5.49. The van der Waals surface area contributed by atoms with E-state index in [1.165, 1.54) is 12.1 Å². The van der Waals surface area contributed by atoms with E-state index in [9.17, 15) is 8.42 Å². The van der Waals surface area contributed by atoms with Gasteiger partial charge in [0, 0.05) is 5.56 Å². The zero-order valence-corrected chi connectivity index (χ0v) is 17.0. The summed E-state index contributed by atoms with van der Waals surface area (Å²) in [4.78, 5) is 0.0273. The fourth-order valence-corrected chi connectivity index (χ4v) is 3.55. The number of azo groups is 1. The molecule has 1 heterocycles. The lowest BCUT2D eigenvalue weighted by Crippen LogP contribution is -2.11. The third kappa shape index (κ3) is 4.05. The van der Waals surface area contributed by atoms with Crippen LogP contribution in [0.15, 0.2) is 100 Å². The Morgan fingerprint density at radius 1 is 0.833 bits per heavy atom. The Bertz CT molecular complexity index is 1300. The van der Waals surface area contributed by atoms with Crippen molar-refractivity contribution < 1.29 is 8.42 Å². The molecule has 8 heteroatoms. The maximum atomic E-state index is 11.4. The molecule has 7 nitrogen and oxygen atoms in total. The Kier molecular flexibility index (Phi) is 5.26. The molecule has 30 heavy (non-hydrogen) atoms. The molecule has 0 radical (unpaired) electrons. The fourth-order valence-electron chi connectivity index (χ4n) is 3.04. The first kappa shape index (κ1) is 19.7. The molecule has 4 rings (SSSR count). The van der Waals surface area contributed by atoms with Gasteiger partial charge in [-0.3, -0.25) is 0 Å². The zero-order chi connectivity index (χ0) is 21.1. The van der Waals surface area contributed by atoms with Crippen LogP contribution < -0.4 is 5.14 Å². The van der Waals surface area contributed by atoms with E-state index in [1.807, 2.05) is 72.3 Å². The molecule has 0 unspecified atom stereocenters. The maximum Gasteiger partial charge on any atom is 0.238 e. The fraction of sp³-hybridized carbons (Fsp3) is 0.0455. The quantitative estimate of drug-likeness (QED) is 0.467. The second-order valence-corrected chi connectivity index (χ2v) is 8.20. The first-order valence-corrected chi connectivity index (χ1v) is 10.7.